The minimum absolute atomic E-state index is 0. The van der Waals surface area contributed by atoms with E-state index in [0.29, 0.717) is 13.2 Å². The van der Waals surface area contributed by atoms with Crippen LogP contribution in [-0.2, 0) is 9.53 Å². The van der Waals surface area contributed by atoms with E-state index in [0.717, 1.165) is 6.42 Å². The van der Waals surface area contributed by atoms with E-state index in [2.05, 4.69) is 4.74 Å². The molecule has 0 radical (unpaired) electrons. The van der Waals surface area contributed by atoms with Gasteiger partial charge in [0.1, 0.15) is 0 Å². The lowest BCUT2D eigenvalue weighted by atomic mass is 10.5. The number of hydrogen-bond donors (Lipinski definition) is 1. The Labute approximate surface area is 61.0 Å². The summed E-state index contributed by atoms with van der Waals surface area (Å²) in [6.07, 6.45) is 0.750. The highest BCUT2D eigenvalue weighted by molar-refractivity contribution is 5.85. The van der Waals surface area contributed by atoms with Gasteiger partial charge in [0.25, 0.3) is 0 Å². The Morgan fingerprint density at radius 1 is 1.67 bits per heavy atom. The normalized spacial score (nSPS) is 7.78. The van der Waals surface area contributed by atoms with Gasteiger partial charge >= 0.3 is 5.97 Å². The van der Waals surface area contributed by atoms with Gasteiger partial charge in [-0.25, -0.2) is 0 Å². The average molecular weight is 154 g/mol. The molecular formula is C5H12ClNO2. The number of halogens is 1. The summed E-state index contributed by atoms with van der Waals surface area (Å²) in [5.74, 6) is -0.238. The highest BCUT2D eigenvalue weighted by atomic mass is 35.5. The number of esters is 1. The molecule has 0 rings (SSSR count). The number of carbonyl (C=O) groups is 1. The van der Waals surface area contributed by atoms with E-state index < -0.39 is 0 Å². The second-order valence-electron chi connectivity index (χ2n) is 1.48. The maximum Gasteiger partial charge on any atom is 0.302 e. The first kappa shape index (κ1) is 11.5. The van der Waals surface area contributed by atoms with Crippen molar-refractivity contribution in [1.82, 2.24) is 0 Å². The molecule has 3 nitrogen and oxygen atoms in total. The molecule has 0 unspecified atom stereocenters. The summed E-state index contributed by atoms with van der Waals surface area (Å²) in [6, 6.07) is 0. The minimum atomic E-state index is -0.238. The van der Waals surface area contributed by atoms with E-state index in [1.807, 2.05) is 0 Å². The molecule has 0 aliphatic heterocycles. The number of nitrogens with two attached hydrogens (primary N) is 1. The summed E-state index contributed by atoms with van der Waals surface area (Å²) in [5, 5.41) is 0. The molecule has 0 saturated heterocycles. The fourth-order valence-corrected chi connectivity index (χ4v) is 0.299. The van der Waals surface area contributed by atoms with E-state index in [1.165, 1.54) is 6.92 Å². The zero-order valence-electron chi connectivity index (χ0n) is 5.42. The SMILES string of the molecule is CC(=O)OCCCN.Cl. The van der Waals surface area contributed by atoms with Crippen LogP contribution in [0.1, 0.15) is 13.3 Å². The number of rotatable bonds is 3. The van der Waals surface area contributed by atoms with Gasteiger partial charge in [0.05, 0.1) is 6.61 Å². The van der Waals surface area contributed by atoms with Crippen molar-refractivity contribution in [1.29, 1.82) is 0 Å². The Morgan fingerprint density at radius 3 is 2.56 bits per heavy atom. The van der Waals surface area contributed by atoms with Gasteiger partial charge in [0, 0.05) is 6.92 Å². The van der Waals surface area contributed by atoms with Gasteiger partial charge in [0.2, 0.25) is 0 Å². The van der Waals surface area contributed by atoms with Crippen molar-refractivity contribution in [3.05, 3.63) is 0 Å². The number of carbonyl (C=O) groups excluding carboxylic acids is 1. The van der Waals surface area contributed by atoms with Crippen molar-refractivity contribution >= 4 is 18.4 Å². The molecule has 56 valence electrons. The molecule has 0 saturated carbocycles. The van der Waals surface area contributed by atoms with Crippen LogP contribution < -0.4 is 5.73 Å². The summed E-state index contributed by atoms with van der Waals surface area (Å²) < 4.78 is 4.56. The predicted molar refractivity (Wildman–Crippen MR) is 37.6 cm³/mol. The van der Waals surface area contributed by atoms with E-state index in [4.69, 9.17) is 5.73 Å². The third kappa shape index (κ3) is 11.3. The van der Waals surface area contributed by atoms with Gasteiger partial charge in [-0.1, -0.05) is 0 Å². The van der Waals surface area contributed by atoms with Crippen molar-refractivity contribution in [2.24, 2.45) is 5.73 Å². The van der Waals surface area contributed by atoms with Crippen molar-refractivity contribution in [3.63, 3.8) is 0 Å². The Hall–Kier alpha value is -0.280. The van der Waals surface area contributed by atoms with Crippen molar-refractivity contribution in [3.8, 4) is 0 Å². The molecule has 0 spiro atoms. The van der Waals surface area contributed by atoms with Gasteiger partial charge < -0.3 is 10.5 Å². The second-order valence-corrected chi connectivity index (χ2v) is 1.48. The summed E-state index contributed by atoms with van der Waals surface area (Å²) in [4.78, 5) is 10.1. The molecule has 0 heterocycles. The third-order valence-electron chi connectivity index (χ3n) is 0.654. The first-order chi connectivity index (χ1) is 3.77. The van der Waals surface area contributed by atoms with Crippen LogP contribution in [0, 0.1) is 0 Å². The minimum Gasteiger partial charge on any atom is -0.466 e. The smallest absolute Gasteiger partial charge is 0.302 e. The van der Waals surface area contributed by atoms with E-state index in [1.54, 1.807) is 0 Å². The molecule has 0 bridgehead atoms. The van der Waals surface area contributed by atoms with Gasteiger partial charge in [0.15, 0.2) is 0 Å². The standard InChI is InChI=1S/C5H11NO2.ClH/c1-5(7)8-4-2-3-6;/h2-4,6H2,1H3;1H. The Morgan fingerprint density at radius 2 is 2.22 bits per heavy atom. The zero-order chi connectivity index (χ0) is 6.41. The lowest BCUT2D eigenvalue weighted by Crippen LogP contribution is -2.06. The summed E-state index contributed by atoms with van der Waals surface area (Å²) in [5.41, 5.74) is 5.12. The van der Waals surface area contributed by atoms with Crippen LogP contribution in [0.2, 0.25) is 0 Å². The molecule has 0 aromatic carbocycles. The van der Waals surface area contributed by atoms with Crippen molar-refractivity contribution < 1.29 is 9.53 Å². The Bertz CT molecular complexity index is 77.4. The van der Waals surface area contributed by atoms with Crippen LogP contribution >= 0.6 is 12.4 Å². The van der Waals surface area contributed by atoms with Gasteiger partial charge in [-0.05, 0) is 13.0 Å². The van der Waals surface area contributed by atoms with Crippen LogP contribution in [0.3, 0.4) is 0 Å². The molecule has 0 fully saturated rings. The quantitative estimate of drug-likeness (QED) is 0.469. The topological polar surface area (TPSA) is 52.3 Å². The molecule has 0 aliphatic rings. The van der Waals surface area contributed by atoms with Crippen LogP contribution in [0.5, 0.6) is 0 Å². The van der Waals surface area contributed by atoms with Gasteiger partial charge in [-0.15, -0.1) is 12.4 Å². The summed E-state index contributed by atoms with van der Waals surface area (Å²) in [7, 11) is 0. The van der Waals surface area contributed by atoms with Crippen LogP contribution in [-0.4, -0.2) is 19.1 Å². The lowest BCUT2D eigenvalue weighted by molar-refractivity contribution is -0.140. The molecule has 0 aromatic rings. The van der Waals surface area contributed by atoms with Crippen molar-refractivity contribution in [2.45, 2.75) is 13.3 Å². The molecule has 0 aromatic heterocycles. The molecule has 0 atom stereocenters. The van der Waals surface area contributed by atoms with E-state index in [9.17, 15) is 4.79 Å². The monoisotopic (exact) mass is 153 g/mol. The summed E-state index contributed by atoms with van der Waals surface area (Å²) >= 11 is 0. The second kappa shape index (κ2) is 7.72. The van der Waals surface area contributed by atoms with E-state index >= 15 is 0 Å². The molecule has 4 heteroatoms. The van der Waals surface area contributed by atoms with Gasteiger partial charge in [-0.3, -0.25) is 4.79 Å². The highest BCUT2D eigenvalue weighted by Crippen LogP contribution is 1.78. The fourth-order valence-electron chi connectivity index (χ4n) is 0.299. The Kier molecular flexibility index (Phi) is 9.87. The zero-order valence-corrected chi connectivity index (χ0v) is 6.24. The van der Waals surface area contributed by atoms with Gasteiger partial charge in [-0.2, -0.15) is 0 Å². The largest absolute Gasteiger partial charge is 0.466 e. The number of ether oxygens (including phenoxy) is 1. The molecule has 2 N–H and O–H groups in total. The molecule has 0 aliphatic carbocycles. The maximum absolute atomic E-state index is 10.1. The number of hydrogen-bond acceptors (Lipinski definition) is 3. The maximum atomic E-state index is 10.1. The molecule has 0 amide bonds. The predicted octanol–water partition coefficient (Wildman–Crippen LogP) is 0.320. The average Bonchev–Trinajstić information content (AvgIpc) is 1.66. The Balaban J connectivity index is 0. The fraction of sp³-hybridized carbons (Fsp3) is 0.800. The summed E-state index contributed by atoms with van der Waals surface area (Å²) in [6.45, 7) is 2.41. The molecular weight excluding hydrogens is 142 g/mol. The van der Waals surface area contributed by atoms with Crippen LogP contribution in [0.25, 0.3) is 0 Å². The molecule has 9 heavy (non-hydrogen) atoms. The third-order valence-corrected chi connectivity index (χ3v) is 0.654. The van der Waals surface area contributed by atoms with Crippen LogP contribution in [0.4, 0.5) is 0 Å². The van der Waals surface area contributed by atoms with E-state index in [-0.39, 0.29) is 18.4 Å². The first-order valence-electron chi connectivity index (χ1n) is 2.61. The van der Waals surface area contributed by atoms with Crippen molar-refractivity contribution in [2.75, 3.05) is 13.2 Å². The highest BCUT2D eigenvalue weighted by Gasteiger charge is 1.88. The van der Waals surface area contributed by atoms with Crippen LogP contribution in [0.15, 0.2) is 0 Å². The first-order valence-corrected chi connectivity index (χ1v) is 2.61. The lowest BCUT2D eigenvalue weighted by Gasteiger charge is -1.96.